The van der Waals surface area contributed by atoms with Crippen molar-refractivity contribution in [3.8, 4) is 0 Å². The summed E-state index contributed by atoms with van der Waals surface area (Å²) in [7, 11) is 0. The molecule has 1 saturated heterocycles. The molecular weight excluding hydrogens is 288 g/mol. The van der Waals surface area contributed by atoms with E-state index in [1.807, 2.05) is 31.2 Å². The van der Waals surface area contributed by atoms with Crippen LogP contribution in [0.1, 0.15) is 23.8 Å². The summed E-state index contributed by atoms with van der Waals surface area (Å²) in [6, 6.07) is 9.08. The molecule has 1 fully saturated rings. The number of hydrogen-bond acceptors (Lipinski definition) is 3. The topological polar surface area (TPSA) is 53.4 Å². The summed E-state index contributed by atoms with van der Waals surface area (Å²) in [5.74, 6) is 0.0517. The second-order valence-electron chi connectivity index (χ2n) is 5.59. The first-order valence-electron chi connectivity index (χ1n) is 7.09. The second-order valence-corrected chi connectivity index (χ2v) is 6.00. The number of carbonyl (C=O) groups excluding carboxylic acids is 1. The molecule has 0 aliphatic carbocycles. The van der Waals surface area contributed by atoms with Gasteiger partial charge < -0.3 is 10.0 Å². The number of benzene rings is 1. The Hall–Kier alpha value is -1.65. The van der Waals surface area contributed by atoms with Crippen LogP contribution in [0.2, 0.25) is 5.02 Å². The van der Waals surface area contributed by atoms with Gasteiger partial charge in [0.15, 0.2) is 0 Å². The molecule has 0 saturated carbocycles. The normalized spacial score (nSPS) is 22.5. The Morgan fingerprint density at radius 1 is 1.43 bits per heavy atom. The lowest BCUT2D eigenvalue weighted by atomic mass is 9.96. The number of hydrogen-bond donors (Lipinski definition) is 1. The summed E-state index contributed by atoms with van der Waals surface area (Å²) in [6.45, 7) is 2.99. The van der Waals surface area contributed by atoms with Crippen LogP contribution in [0.25, 0.3) is 10.9 Å². The van der Waals surface area contributed by atoms with Crippen LogP contribution >= 0.6 is 11.6 Å². The van der Waals surface area contributed by atoms with Gasteiger partial charge >= 0.3 is 0 Å². The molecule has 4 nitrogen and oxygen atoms in total. The summed E-state index contributed by atoms with van der Waals surface area (Å²) < 4.78 is 0. The van der Waals surface area contributed by atoms with Gasteiger partial charge in [0, 0.05) is 18.5 Å². The number of fused-ring (bicyclic) bond motifs is 1. The van der Waals surface area contributed by atoms with Crippen molar-refractivity contribution < 1.29 is 9.90 Å². The molecule has 21 heavy (non-hydrogen) atoms. The van der Waals surface area contributed by atoms with Crippen LogP contribution in [0.15, 0.2) is 30.3 Å². The van der Waals surface area contributed by atoms with Gasteiger partial charge in [0.1, 0.15) is 5.69 Å². The first-order chi connectivity index (χ1) is 10.1. The molecule has 2 heterocycles. The van der Waals surface area contributed by atoms with Gasteiger partial charge in [-0.1, -0.05) is 36.7 Å². The lowest BCUT2D eigenvalue weighted by Gasteiger charge is -2.34. The Kier molecular flexibility index (Phi) is 3.83. The predicted molar refractivity (Wildman–Crippen MR) is 82.4 cm³/mol. The number of rotatable bonds is 1. The molecule has 1 aliphatic heterocycles. The quantitative estimate of drug-likeness (QED) is 0.881. The Balaban J connectivity index is 1.91. The van der Waals surface area contributed by atoms with E-state index in [0.717, 1.165) is 11.8 Å². The van der Waals surface area contributed by atoms with Crippen LogP contribution < -0.4 is 0 Å². The number of para-hydroxylation sites is 1. The van der Waals surface area contributed by atoms with Gasteiger partial charge in [0.05, 0.1) is 16.6 Å². The zero-order valence-electron chi connectivity index (χ0n) is 11.8. The minimum atomic E-state index is -0.473. The molecule has 0 bridgehead atoms. The van der Waals surface area contributed by atoms with Crippen molar-refractivity contribution in [1.82, 2.24) is 9.88 Å². The SMILES string of the molecule is CC1CCN(C(=O)c2cc(Cl)c3ccccc3n2)CC1O. The molecule has 110 valence electrons. The van der Waals surface area contributed by atoms with Crippen molar-refractivity contribution in [3.63, 3.8) is 0 Å². The van der Waals surface area contributed by atoms with Crippen LogP contribution in [-0.2, 0) is 0 Å². The average molecular weight is 305 g/mol. The van der Waals surface area contributed by atoms with Gasteiger partial charge in [0.2, 0.25) is 0 Å². The van der Waals surface area contributed by atoms with E-state index >= 15 is 0 Å². The van der Waals surface area contributed by atoms with Crippen LogP contribution in [0, 0.1) is 5.92 Å². The molecule has 2 unspecified atom stereocenters. The number of aliphatic hydroxyl groups excluding tert-OH is 1. The molecule has 2 atom stereocenters. The fourth-order valence-electron chi connectivity index (χ4n) is 2.64. The highest BCUT2D eigenvalue weighted by Crippen LogP contribution is 2.24. The number of likely N-dealkylation sites (tertiary alicyclic amines) is 1. The van der Waals surface area contributed by atoms with Gasteiger partial charge in [-0.3, -0.25) is 4.79 Å². The molecule has 1 aromatic heterocycles. The molecule has 2 aromatic rings. The number of nitrogens with zero attached hydrogens (tertiary/aromatic N) is 2. The Morgan fingerprint density at radius 2 is 2.19 bits per heavy atom. The van der Waals surface area contributed by atoms with E-state index < -0.39 is 6.10 Å². The molecule has 0 radical (unpaired) electrons. The van der Waals surface area contributed by atoms with Crippen LogP contribution in [0.3, 0.4) is 0 Å². The molecule has 1 N–H and O–H groups in total. The average Bonchev–Trinajstić information content (AvgIpc) is 2.49. The summed E-state index contributed by atoms with van der Waals surface area (Å²) >= 11 is 6.24. The third-order valence-corrected chi connectivity index (χ3v) is 4.40. The smallest absolute Gasteiger partial charge is 0.272 e. The zero-order chi connectivity index (χ0) is 15.0. The van der Waals surface area contributed by atoms with E-state index in [-0.39, 0.29) is 11.8 Å². The molecule has 1 aromatic carbocycles. The molecular formula is C16H17ClN2O2. The van der Waals surface area contributed by atoms with E-state index in [1.54, 1.807) is 11.0 Å². The maximum absolute atomic E-state index is 12.5. The van der Waals surface area contributed by atoms with Crippen LogP contribution in [0.4, 0.5) is 0 Å². The minimum Gasteiger partial charge on any atom is -0.391 e. The van der Waals surface area contributed by atoms with Crippen molar-refractivity contribution in [2.75, 3.05) is 13.1 Å². The Labute approximate surface area is 128 Å². The number of aliphatic hydroxyl groups is 1. The summed E-state index contributed by atoms with van der Waals surface area (Å²) in [5, 5.41) is 11.3. The largest absolute Gasteiger partial charge is 0.391 e. The Morgan fingerprint density at radius 3 is 2.95 bits per heavy atom. The van der Waals surface area contributed by atoms with Crippen molar-refractivity contribution in [2.45, 2.75) is 19.4 Å². The second kappa shape index (κ2) is 5.62. The fraction of sp³-hybridized carbons (Fsp3) is 0.375. The molecule has 1 amide bonds. The maximum atomic E-state index is 12.5. The van der Waals surface area contributed by atoms with E-state index in [2.05, 4.69) is 4.98 Å². The fourth-order valence-corrected chi connectivity index (χ4v) is 2.90. The summed E-state index contributed by atoms with van der Waals surface area (Å²) in [4.78, 5) is 18.6. The van der Waals surface area contributed by atoms with E-state index in [0.29, 0.717) is 29.3 Å². The van der Waals surface area contributed by atoms with Gasteiger partial charge in [-0.2, -0.15) is 0 Å². The van der Waals surface area contributed by atoms with Crippen molar-refractivity contribution in [3.05, 3.63) is 41.0 Å². The van der Waals surface area contributed by atoms with Crippen molar-refractivity contribution in [2.24, 2.45) is 5.92 Å². The third kappa shape index (κ3) is 2.74. The molecule has 3 rings (SSSR count). The van der Waals surface area contributed by atoms with E-state index in [9.17, 15) is 9.90 Å². The minimum absolute atomic E-state index is 0.173. The predicted octanol–water partition coefficient (Wildman–Crippen LogP) is 2.73. The standard InChI is InChI=1S/C16H17ClN2O2/c1-10-6-7-19(9-15(10)20)16(21)14-8-12(17)11-4-2-3-5-13(11)18-14/h2-5,8,10,15,20H,6-7,9H2,1H3. The van der Waals surface area contributed by atoms with Gasteiger partial charge in [0.25, 0.3) is 5.91 Å². The third-order valence-electron chi connectivity index (χ3n) is 4.09. The highest BCUT2D eigenvalue weighted by Gasteiger charge is 2.28. The Bertz CT molecular complexity index is 689. The van der Waals surface area contributed by atoms with Crippen LogP contribution in [0.5, 0.6) is 0 Å². The van der Waals surface area contributed by atoms with Crippen molar-refractivity contribution >= 4 is 28.4 Å². The molecule has 5 heteroatoms. The summed E-state index contributed by atoms with van der Waals surface area (Å²) in [6.07, 6.45) is 0.326. The van der Waals surface area contributed by atoms with Gasteiger partial charge in [-0.25, -0.2) is 4.98 Å². The summed E-state index contributed by atoms with van der Waals surface area (Å²) in [5.41, 5.74) is 1.04. The van der Waals surface area contributed by atoms with Gasteiger partial charge in [-0.15, -0.1) is 0 Å². The first kappa shape index (κ1) is 14.3. The number of carbonyl (C=O) groups is 1. The lowest BCUT2D eigenvalue weighted by Crippen LogP contribution is -2.46. The number of pyridine rings is 1. The zero-order valence-corrected chi connectivity index (χ0v) is 12.5. The molecule has 1 aliphatic rings. The van der Waals surface area contributed by atoms with Crippen LogP contribution in [-0.4, -0.2) is 40.1 Å². The highest BCUT2D eigenvalue weighted by molar-refractivity contribution is 6.35. The maximum Gasteiger partial charge on any atom is 0.272 e. The number of amides is 1. The van der Waals surface area contributed by atoms with E-state index in [1.165, 1.54) is 0 Å². The number of β-amino-alcohol motifs (C(OH)–C–C–N with tert-alkyl or cyclic N) is 1. The highest BCUT2D eigenvalue weighted by atomic mass is 35.5. The van der Waals surface area contributed by atoms with E-state index in [4.69, 9.17) is 11.6 Å². The van der Waals surface area contributed by atoms with Crippen molar-refractivity contribution in [1.29, 1.82) is 0 Å². The number of aromatic nitrogens is 1. The monoisotopic (exact) mass is 304 g/mol. The lowest BCUT2D eigenvalue weighted by molar-refractivity contribution is 0.0245. The van der Waals surface area contributed by atoms with Gasteiger partial charge in [-0.05, 0) is 24.5 Å². The number of halogens is 1. The number of piperidine rings is 1. The molecule has 0 spiro atoms. The first-order valence-corrected chi connectivity index (χ1v) is 7.46.